The summed E-state index contributed by atoms with van der Waals surface area (Å²) < 4.78 is 2.07. The highest BCUT2D eigenvalue weighted by Crippen LogP contribution is 2.22. The van der Waals surface area contributed by atoms with Crippen molar-refractivity contribution in [3.8, 4) is 5.75 Å². The third-order valence-corrected chi connectivity index (χ3v) is 3.29. The zero-order chi connectivity index (χ0) is 11.2. The van der Waals surface area contributed by atoms with Crippen molar-refractivity contribution in [2.45, 2.75) is 17.9 Å². The zero-order valence-corrected chi connectivity index (χ0v) is 9.73. The van der Waals surface area contributed by atoms with Gasteiger partial charge in [-0.15, -0.1) is 11.8 Å². The maximum Gasteiger partial charge on any atom is 0.116 e. The lowest BCUT2D eigenvalue weighted by molar-refractivity contribution is 0.474. The van der Waals surface area contributed by atoms with E-state index in [0.29, 0.717) is 5.75 Å². The molecule has 0 fully saturated rings. The SMILES string of the molecule is Oc1cccc(SCCCn2ccnc2)c1. The smallest absolute Gasteiger partial charge is 0.116 e. The molecular weight excluding hydrogens is 220 g/mol. The number of phenolic OH excluding ortho intramolecular Hbond substituents is 1. The summed E-state index contributed by atoms with van der Waals surface area (Å²) in [5, 5.41) is 9.29. The fourth-order valence-electron chi connectivity index (χ4n) is 1.43. The first-order valence-corrected chi connectivity index (χ1v) is 6.21. The molecular formula is C12H14N2OS. The summed E-state index contributed by atoms with van der Waals surface area (Å²) in [6.07, 6.45) is 6.69. The molecule has 0 aliphatic rings. The molecule has 4 heteroatoms. The largest absolute Gasteiger partial charge is 0.508 e. The van der Waals surface area contributed by atoms with Crippen LogP contribution in [0, 0.1) is 0 Å². The van der Waals surface area contributed by atoms with Crippen molar-refractivity contribution in [3.05, 3.63) is 43.0 Å². The predicted octanol–water partition coefficient (Wildman–Crippen LogP) is 2.77. The predicted molar refractivity (Wildman–Crippen MR) is 65.7 cm³/mol. The number of benzene rings is 1. The summed E-state index contributed by atoms with van der Waals surface area (Å²) in [7, 11) is 0. The van der Waals surface area contributed by atoms with Gasteiger partial charge in [0.25, 0.3) is 0 Å². The van der Waals surface area contributed by atoms with Gasteiger partial charge in [-0.05, 0) is 30.4 Å². The molecule has 2 rings (SSSR count). The van der Waals surface area contributed by atoms with Crippen LogP contribution in [0.3, 0.4) is 0 Å². The molecule has 16 heavy (non-hydrogen) atoms. The molecule has 0 atom stereocenters. The standard InChI is InChI=1S/C12H14N2OS/c15-11-3-1-4-12(9-11)16-8-2-6-14-7-5-13-10-14/h1,3-5,7,9-10,15H,2,6,8H2. The average molecular weight is 234 g/mol. The highest BCUT2D eigenvalue weighted by Gasteiger charge is 1.96. The molecule has 0 unspecified atom stereocenters. The highest BCUT2D eigenvalue weighted by molar-refractivity contribution is 7.99. The number of hydrogen-bond donors (Lipinski definition) is 1. The van der Waals surface area contributed by atoms with Gasteiger partial charge in [-0.3, -0.25) is 0 Å². The number of hydrogen-bond acceptors (Lipinski definition) is 3. The van der Waals surface area contributed by atoms with Crippen LogP contribution in [0.1, 0.15) is 6.42 Å². The fraction of sp³-hybridized carbons (Fsp3) is 0.250. The monoisotopic (exact) mass is 234 g/mol. The van der Waals surface area contributed by atoms with Gasteiger partial charge in [-0.25, -0.2) is 4.98 Å². The number of thioether (sulfide) groups is 1. The van der Waals surface area contributed by atoms with Crippen molar-refractivity contribution in [1.29, 1.82) is 0 Å². The average Bonchev–Trinajstić information content (AvgIpc) is 2.77. The molecule has 3 nitrogen and oxygen atoms in total. The van der Waals surface area contributed by atoms with E-state index in [1.165, 1.54) is 0 Å². The molecule has 1 aromatic heterocycles. The number of rotatable bonds is 5. The van der Waals surface area contributed by atoms with Crippen LogP contribution in [0.5, 0.6) is 5.75 Å². The number of aromatic nitrogens is 2. The fourth-order valence-corrected chi connectivity index (χ4v) is 2.32. The topological polar surface area (TPSA) is 38.0 Å². The van der Waals surface area contributed by atoms with Gasteiger partial charge in [0.15, 0.2) is 0 Å². The molecule has 2 aromatic rings. The quantitative estimate of drug-likeness (QED) is 0.638. The van der Waals surface area contributed by atoms with E-state index in [0.717, 1.165) is 23.6 Å². The van der Waals surface area contributed by atoms with E-state index in [9.17, 15) is 5.11 Å². The minimum atomic E-state index is 0.333. The van der Waals surface area contributed by atoms with Crippen molar-refractivity contribution in [2.24, 2.45) is 0 Å². The lowest BCUT2D eigenvalue weighted by atomic mass is 10.3. The van der Waals surface area contributed by atoms with Crippen LogP contribution in [0.25, 0.3) is 0 Å². The van der Waals surface area contributed by atoms with E-state index in [4.69, 9.17) is 0 Å². The van der Waals surface area contributed by atoms with E-state index in [1.54, 1.807) is 30.1 Å². The second-order valence-corrected chi connectivity index (χ2v) is 4.67. The van der Waals surface area contributed by atoms with Gasteiger partial charge in [0.05, 0.1) is 6.33 Å². The summed E-state index contributed by atoms with van der Waals surface area (Å²) in [6.45, 7) is 0.992. The summed E-state index contributed by atoms with van der Waals surface area (Å²) in [5.41, 5.74) is 0. The van der Waals surface area contributed by atoms with Crippen molar-refractivity contribution >= 4 is 11.8 Å². The Morgan fingerprint density at radius 3 is 3.06 bits per heavy atom. The van der Waals surface area contributed by atoms with E-state index in [-0.39, 0.29) is 0 Å². The maximum absolute atomic E-state index is 9.29. The second kappa shape index (κ2) is 5.61. The number of nitrogens with zero attached hydrogens (tertiary/aromatic N) is 2. The Morgan fingerprint density at radius 1 is 1.38 bits per heavy atom. The normalized spacial score (nSPS) is 10.5. The molecule has 1 heterocycles. The molecule has 0 aliphatic carbocycles. The first kappa shape index (κ1) is 11.1. The molecule has 0 saturated carbocycles. The Hall–Kier alpha value is -1.42. The van der Waals surface area contributed by atoms with Crippen LogP contribution in [-0.2, 0) is 6.54 Å². The number of imidazole rings is 1. The minimum absolute atomic E-state index is 0.333. The van der Waals surface area contributed by atoms with Gasteiger partial charge in [0, 0.05) is 23.8 Å². The minimum Gasteiger partial charge on any atom is -0.508 e. The summed E-state index contributed by atoms with van der Waals surface area (Å²) >= 11 is 1.76. The Morgan fingerprint density at radius 2 is 2.31 bits per heavy atom. The molecule has 0 aliphatic heterocycles. The molecule has 0 amide bonds. The Bertz CT molecular complexity index is 428. The van der Waals surface area contributed by atoms with E-state index >= 15 is 0 Å². The third-order valence-electron chi connectivity index (χ3n) is 2.21. The van der Waals surface area contributed by atoms with Crippen LogP contribution < -0.4 is 0 Å². The maximum atomic E-state index is 9.29. The van der Waals surface area contributed by atoms with Gasteiger partial charge in [0.2, 0.25) is 0 Å². The Labute approximate surface area is 99.1 Å². The van der Waals surface area contributed by atoms with E-state index in [2.05, 4.69) is 9.55 Å². The van der Waals surface area contributed by atoms with Crippen LogP contribution in [0.2, 0.25) is 0 Å². The van der Waals surface area contributed by atoms with Crippen molar-refractivity contribution < 1.29 is 5.11 Å². The van der Waals surface area contributed by atoms with Crippen LogP contribution in [0.15, 0.2) is 47.9 Å². The lowest BCUT2D eigenvalue weighted by Crippen LogP contribution is -1.95. The lowest BCUT2D eigenvalue weighted by Gasteiger charge is -2.03. The van der Waals surface area contributed by atoms with Crippen LogP contribution in [0.4, 0.5) is 0 Å². The summed E-state index contributed by atoms with van der Waals surface area (Å²) in [5.74, 6) is 1.38. The number of phenols is 1. The van der Waals surface area contributed by atoms with E-state index < -0.39 is 0 Å². The molecule has 0 spiro atoms. The molecule has 0 saturated heterocycles. The molecule has 0 bridgehead atoms. The third kappa shape index (κ3) is 3.31. The molecule has 0 radical (unpaired) electrons. The Balaban J connectivity index is 1.72. The van der Waals surface area contributed by atoms with E-state index in [1.807, 2.05) is 24.7 Å². The highest BCUT2D eigenvalue weighted by atomic mass is 32.2. The first-order valence-electron chi connectivity index (χ1n) is 5.22. The van der Waals surface area contributed by atoms with Gasteiger partial charge >= 0.3 is 0 Å². The first-order chi connectivity index (χ1) is 7.84. The van der Waals surface area contributed by atoms with Crippen molar-refractivity contribution in [1.82, 2.24) is 9.55 Å². The van der Waals surface area contributed by atoms with Crippen molar-refractivity contribution in [2.75, 3.05) is 5.75 Å². The van der Waals surface area contributed by atoms with Crippen LogP contribution in [-0.4, -0.2) is 20.4 Å². The second-order valence-electron chi connectivity index (χ2n) is 3.50. The van der Waals surface area contributed by atoms with Gasteiger partial charge in [-0.2, -0.15) is 0 Å². The van der Waals surface area contributed by atoms with Crippen molar-refractivity contribution in [3.63, 3.8) is 0 Å². The van der Waals surface area contributed by atoms with Gasteiger partial charge in [0.1, 0.15) is 5.75 Å². The molecule has 1 N–H and O–H groups in total. The number of aryl methyl sites for hydroxylation is 1. The molecule has 84 valence electrons. The Kier molecular flexibility index (Phi) is 3.88. The van der Waals surface area contributed by atoms with Gasteiger partial charge in [-0.1, -0.05) is 6.07 Å². The zero-order valence-electron chi connectivity index (χ0n) is 8.91. The molecule has 1 aromatic carbocycles. The summed E-state index contributed by atoms with van der Waals surface area (Å²) in [6, 6.07) is 7.37. The van der Waals surface area contributed by atoms with Crippen LogP contribution >= 0.6 is 11.8 Å². The van der Waals surface area contributed by atoms with Gasteiger partial charge < -0.3 is 9.67 Å². The number of aromatic hydroxyl groups is 1. The summed E-state index contributed by atoms with van der Waals surface area (Å²) in [4.78, 5) is 5.11.